The summed E-state index contributed by atoms with van der Waals surface area (Å²) in [5.41, 5.74) is 5.19. The van der Waals surface area contributed by atoms with Gasteiger partial charge in [-0.25, -0.2) is 4.98 Å². The third kappa shape index (κ3) is 5.26. The van der Waals surface area contributed by atoms with E-state index in [9.17, 15) is 0 Å². The van der Waals surface area contributed by atoms with E-state index in [4.69, 9.17) is 4.74 Å². The minimum Gasteiger partial charge on any atom is -0.431 e. The molecule has 0 atom stereocenters. The van der Waals surface area contributed by atoms with E-state index >= 15 is 0 Å². The van der Waals surface area contributed by atoms with Gasteiger partial charge >= 0.3 is 0 Å². The highest BCUT2D eigenvalue weighted by atomic mass is 32.1. The van der Waals surface area contributed by atoms with Crippen LogP contribution in [0, 0.1) is 0 Å². The fourth-order valence-electron chi connectivity index (χ4n) is 4.89. The molecule has 176 valence electrons. The van der Waals surface area contributed by atoms with Crippen LogP contribution in [0.5, 0.6) is 10.9 Å². The molecule has 3 aromatic carbocycles. The Kier molecular flexibility index (Phi) is 7.12. The Balaban J connectivity index is 1.10. The number of piperidine rings is 1. The molecule has 1 aromatic heterocycles. The van der Waals surface area contributed by atoms with Gasteiger partial charge in [0.05, 0.1) is 10.2 Å². The molecule has 0 saturated carbocycles. The van der Waals surface area contributed by atoms with Gasteiger partial charge in [-0.05, 0) is 67.1 Å². The van der Waals surface area contributed by atoms with Gasteiger partial charge in [0, 0.05) is 38.4 Å². The van der Waals surface area contributed by atoms with Crippen LogP contribution in [-0.2, 0) is 12.8 Å². The van der Waals surface area contributed by atoms with Crippen molar-refractivity contribution < 1.29 is 4.74 Å². The van der Waals surface area contributed by atoms with Crippen molar-refractivity contribution in [2.24, 2.45) is 0 Å². The van der Waals surface area contributed by atoms with E-state index in [1.807, 2.05) is 18.2 Å². The van der Waals surface area contributed by atoms with Crippen molar-refractivity contribution in [3.8, 4) is 10.9 Å². The monoisotopic (exact) mass is 471 g/mol. The molecule has 5 rings (SSSR count). The van der Waals surface area contributed by atoms with Crippen molar-refractivity contribution in [1.82, 2.24) is 9.88 Å². The van der Waals surface area contributed by atoms with Crippen molar-refractivity contribution in [3.63, 3.8) is 0 Å². The first-order chi connectivity index (χ1) is 16.7. The topological polar surface area (TPSA) is 28.6 Å². The lowest BCUT2D eigenvalue weighted by Crippen LogP contribution is -2.44. The second kappa shape index (κ2) is 10.6. The van der Waals surface area contributed by atoms with E-state index in [0.29, 0.717) is 11.2 Å². The molecule has 5 heteroatoms. The number of aryl methyl sites for hydroxylation is 1. The molecule has 0 bridgehead atoms. The van der Waals surface area contributed by atoms with E-state index in [0.717, 1.165) is 35.4 Å². The van der Waals surface area contributed by atoms with Crippen LogP contribution in [0.15, 0.2) is 72.8 Å². The van der Waals surface area contributed by atoms with Crippen LogP contribution in [0.2, 0.25) is 0 Å². The Morgan fingerprint density at radius 1 is 0.971 bits per heavy atom. The highest BCUT2D eigenvalue weighted by molar-refractivity contribution is 7.20. The molecular formula is C29H33N3OS. The third-order valence-electron chi connectivity index (χ3n) is 6.98. The van der Waals surface area contributed by atoms with Crippen molar-refractivity contribution >= 4 is 27.2 Å². The molecule has 4 nitrogen and oxygen atoms in total. The molecule has 0 unspecified atom stereocenters. The number of anilines is 1. The highest BCUT2D eigenvalue weighted by Crippen LogP contribution is 2.31. The summed E-state index contributed by atoms with van der Waals surface area (Å²) in [6.07, 6.45) is 4.61. The minimum atomic E-state index is 0.628. The zero-order valence-electron chi connectivity index (χ0n) is 20.1. The normalized spacial score (nSPS) is 15.0. The molecule has 1 aliphatic rings. The summed E-state index contributed by atoms with van der Waals surface area (Å²) in [7, 11) is 2.27. The fraction of sp³-hybridized carbons (Fsp3) is 0.345. The molecule has 1 fully saturated rings. The molecule has 0 spiro atoms. The fourth-order valence-corrected chi connectivity index (χ4v) is 5.72. The van der Waals surface area contributed by atoms with Gasteiger partial charge in [-0.15, -0.1) is 0 Å². The number of hydrogen-bond acceptors (Lipinski definition) is 5. The third-order valence-corrected chi connectivity index (χ3v) is 7.89. The van der Waals surface area contributed by atoms with Gasteiger partial charge in [-0.1, -0.05) is 60.7 Å². The molecule has 1 saturated heterocycles. The van der Waals surface area contributed by atoms with Crippen LogP contribution in [0.4, 0.5) is 5.69 Å². The predicted molar refractivity (Wildman–Crippen MR) is 144 cm³/mol. The number of hydrogen-bond donors (Lipinski definition) is 0. The van der Waals surface area contributed by atoms with E-state index < -0.39 is 0 Å². The molecule has 0 radical (unpaired) electrons. The number of thiazole rings is 1. The Bertz CT molecular complexity index is 1180. The summed E-state index contributed by atoms with van der Waals surface area (Å²) in [4.78, 5) is 9.69. The molecule has 0 N–H and O–H groups in total. The van der Waals surface area contributed by atoms with Crippen LogP contribution < -0.4 is 9.64 Å². The minimum absolute atomic E-state index is 0.628. The van der Waals surface area contributed by atoms with E-state index in [2.05, 4.69) is 83.4 Å². The molecule has 1 aliphatic heterocycles. The van der Waals surface area contributed by atoms with Crippen molar-refractivity contribution in [2.75, 3.05) is 31.6 Å². The van der Waals surface area contributed by atoms with Gasteiger partial charge in [0.2, 0.25) is 0 Å². The SMILES string of the molecule is CCc1ccccc1N(C)C1CCN(CCc2ccc(Oc3nc4ccccc4s3)cc2)CC1. The molecule has 4 aromatic rings. The first-order valence-corrected chi connectivity index (χ1v) is 13.2. The van der Waals surface area contributed by atoms with Crippen LogP contribution >= 0.6 is 11.3 Å². The number of rotatable bonds is 8. The van der Waals surface area contributed by atoms with Crippen molar-refractivity contribution in [3.05, 3.63) is 83.9 Å². The zero-order valence-corrected chi connectivity index (χ0v) is 20.9. The summed E-state index contributed by atoms with van der Waals surface area (Å²) >= 11 is 1.58. The summed E-state index contributed by atoms with van der Waals surface area (Å²) in [6.45, 7) is 5.69. The summed E-state index contributed by atoms with van der Waals surface area (Å²) in [5.74, 6) is 0.846. The van der Waals surface area contributed by atoms with E-state index in [1.165, 1.54) is 42.7 Å². The number of aromatic nitrogens is 1. The average molecular weight is 472 g/mol. The Labute approximate surface area is 206 Å². The van der Waals surface area contributed by atoms with Gasteiger partial charge in [-0.3, -0.25) is 0 Å². The maximum atomic E-state index is 5.99. The number of likely N-dealkylation sites (tertiary alicyclic amines) is 1. The molecule has 2 heterocycles. The maximum Gasteiger partial charge on any atom is 0.279 e. The van der Waals surface area contributed by atoms with Crippen LogP contribution in [0.25, 0.3) is 10.2 Å². The second-order valence-electron chi connectivity index (χ2n) is 9.11. The number of nitrogens with zero attached hydrogens (tertiary/aromatic N) is 3. The number of para-hydroxylation sites is 2. The molecule has 0 aliphatic carbocycles. The lowest BCUT2D eigenvalue weighted by Gasteiger charge is -2.38. The van der Waals surface area contributed by atoms with Gasteiger partial charge in [0.25, 0.3) is 5.19 Å². The summed E-state index contributed by atoms with van der Waals surface area (Å²) < 4.78 is 7.14. The molecule has 34 heavy (non-hydrogen) atoms. The number of ether oxygens (including phenoxy) is 1. The largest absolute Gasteiger partial charge is 0.431 e. The van der Waals surface area contributed by atoms with E-state index in [-0.39, 0.29) is 0 Å². The maximum absolute atomic E-state index is 5.99. The van der Waals surface area contributed by atoms with E-state index in [1.54, 1.807) is 11.3 Å². The average Bonchev–Trinajstić information content (AvgIpc) is 3.30. The quantitative estimate of drug-likeness (QED) is 0.283. The first-order valence-electron chi connectivity index (χ1n) is 12.3. The van der Waals surface area contributed by atoms with Crippen LogP contribution in [0.1, 0.15) is 30.9 Å². The lowest BCUT2D eigenvalue weighted by atomic mass is 10.0. The van der Waals surface area contributed by atoms with Gasteiger partial charge in [-0.2, -0.15) is 0 Å². The second-order valence-corrected chi connectivity index (χ2v) is 10.1. The highest BCUT2D eigenvalue weighted by Gasteiger charge is 2.23. The summed E-state index contributed by atoms with van der Waals surface area (Å²) in [5, 5.41) is 0.698. The van der Waals surface area contributed by atoms with Crippen molar-refractivity contribution in [1.29, 1.82) is 0 Å². The smallest absolute Gasteiger partial charge is 0.279 e. The van der Waals surface area contributed by atoms with Crippen LogP contribution in [0.3, 0.4) is 0 Å². The molecule has 0 amide bonds. The first kappa shape index (κ1) is 22.9. The Morgan fingerprint density at radius 3 is 2.47 bits per heavy atom. The summed E-state index contributed by atoms with van der Waals surface area (Å²) in [6, 6.07) is 26.1. The van der Waals surface area contributed by atoms with Gasteiger partial charge < -0.3 is 14.5 Å². The number of benzene rings is 3. The molecular weight excluding hydrogens is 438 g/mol. The zero-order chi connectivity index (χ0) is 23.3. The Morgan fingerprint density at radius 2 is 1.71 bits per heavy atom. The van der Waals surface area contributed by atoms with Gasteiger partial charge in [0.1, 0.15) is 5.75 Å². The van der Waals surface area contributed by atoms with Crippen LogP contribution in [-0.4, -0.2) is 42.6 Å². The number of fused-ring (bicyclic) bond motifs is 1. The predicted octanol–water partition coefficient (Wildman–Crippen LogP) is 6.79. The lowest BCUT2D eigenvalue weighted by molar-refractivity contribution is 0.213. The van der Waals surface area contributed by atoms with Crippen molar-refractivity contribution in [2.45, 2.75) is 38.6 Å². The Hall–Kier alpha value is -2.89. The van der Waals surface area contributed by atoms with Gasteiger partial charge in [0.15, 0.2) is 0 Å². The standard InChI is InChI=1S/C29H33N3OS/c1-3-23-8-4-6-10-27(23)31(2)24-17-20-32(21-18-24)19-16-22-12-14-25(15-13-22)33-29-30-26-9-5-7-11-28(26)34-29/h4-15,24H,3,16-21H2,1-2H3.